The second kappa shape index (κ2) is 7.64. The molecule has 1 amide bonds. The van der Waals surface area contributed by atoms with Crippen molar-refractivity contribution in [3.8, 4) is 0 Å². The van der Waals surface area contributed by atoms with Crippen LogP contribution in [-0.2, 0) is 9.53 Å². The van der Waals surface area contributed by atoms with Gasteiger partial charge < -0.3 is 14.6 Å². The summed E-state index contributed by atoms with van der Waals surface area (Å²) in [5.74, 6) is -0.540. The Bertz CT molecular complexity index is 642. The highest BCUT2D eigenvalue weighted by Gasteiger charge is 2.28. The van der Waals surface area contributed by atoms with E-state index in [2.05, 4.69) is 4.98 Å². The number of aromatic amines is 1. The summed E-state index contributed by atoms with van der Waals surface area (Å²) < 4.78 is 5.00. The Labute approximate surface area is 142 Å². The minimum absolute atomic E-state index is 0.0249. The summed E-state index contributed by atoms with van der Waals surface area (Å²) in [7, 11) is 1.67. The van der Waals surface area contributed by atoms with Crippen molar-refractivity contribution in [3.05, 3.63) is 22.5 Å². The summed E-state index contributed by atoms with van der Waals surface area (Å²) >= 11 is 0. The smallest absolute Gasteiger partial charge is 0.355 e. The maximum atomic E-state index is 12.6. The molecule has 6 nitrogen and oxygen atoms in total. The number of esters is 1. The lowest BCUT2D eigenvalue weighted by atomic mass is 10.0. The molecule has 0 radical (unpaired) electrons. The van der Waals surface area contributed by atoms with Gasteiger partial charge in [-0.3, -0.25) is 9.59 Å². The number of nitrogens with one attached hydrogen (secondary N) is 1. The van der Waals surface area contributed by atoms with Crippen LogP contribution in [0.15, 0.2) is 0 Å². The molecule has 24 heavy (non-hydrogen) atoms. The van der Waals surface area contributed by atoms with Gasteiger partial charge >= 0.3 is 5.97 Å². The van der Waals surface area contributed by atoms with E-state index in [0.717, 1.165) is 25.7 Å². The zero-order chi connectivity index (χ0) is 17.9. The number of ketones is 1. The molecule has 2 rings (SSSR count). The lowest BCUT2D eigenvalue weighted by molar-refractivity contribution is -0.133. The summed E-state index contributed by atoms with van der Waals surface area (Å²) in [4.78, 5) is 41.4. The number of carbonyl (C=O) groups is 3. The minimum atomic E-state index is -0.465. The van der Waals surface area contributed by atoms with E-state index in [4.69, 9.17) is 4.74 Å². The number of Topliss-reactive ketones (excluding diaryl/α,β-unsaturated/α-hetero) is 1. The summed E-state index contributed by atoms with van der Waals surface area (Å²) in [6, 6.07) is 0. The number of aromatic nitrogens is 1. The highest BCUT2D eigenvalue weighted by Crippen LogP contribution is 2.26. The van der Waals surface area contributed by atoms with Crippen molar-refractivity contribution in [2.24, 2.45) is 5.92 Å². The van der Waals surface area contributed by atoms with Crippen molar-refractivity contribution >= 4 is 17.7 Å². The van der Waals surface area contributed by atoms with Gasteiger partial charge in [0.05, 0.1) is 13.2 Å². The van der Waals surface area contributed by atoms with Crippen LogP contribution in [0.3, 0.4) is 0 Å². The first-order chi connectivity index (χ1) is 11.4. The number of rotatable bonds is 6. The fourth-order valence-electron chi connectivity index (χ4n) is 3.43. The third kappa shape index (κ3) is 3.68. The number of amides is 1. The maximum absolute atomic E-state index is 12.6. The van der Waals surface area contributed by atoms with Crippen LogP contribution in [-0.4, -0.2) is 47.7 Å². The monoisotopic (exact) mass is 334 g/mol. The van der Waals surface area contributed by atoms with Gasteiger partial charge in [-0.25, -0.2) is 4.79 Å². The Morgan fingerprint density at radius 1 is 1.21 bits per heavy atom. The number of H-pyrrole nitrogens is 1. The molecule has 1 N–H and O–H groups in total. The summed E-state index contributed by atoms with van der Waals surface area (Å²) in [6.45, 7) is 5.51. The topological polar surface area (TPSA) is 79.5 Å². The molecule has 132 valence electrons. The molecule has 1 aliphatic rings. The van der Waals surface area contributed by atoms with Gasteiger partial charge in [0.1, 0.15) is 5.69 Å². The van der Waals surface area contributed by atoms with Gasteiger partial charge in [0.2, 0.25) is 5.91 Å². The number of carbonyl (C=O) groups excluding carboxylic acids is 3. The SMILES string of the molecule is CCOC(=O)c1[nH]c(C)c(C(=O)CN(C)C(=O)C2CCCC2)c1C. The summed E-state index contributed by atoms with van der Waals surface area (Å²) in [5.41, 5.74) is 1.99. The van der Waals surface area contributed by atoms with Crippen LogP contribution in [0.4, 0.5) is 0 Å². The van der Waals surface area contributed by atoms with Gasteiger partial charge in [0.15, 0.2) is 5.78 Å². The molecule has 0 bridgehead atoms. The molecule has 0 aliphatic heterocycles. The first kappa shape index (κ1) is 18.2. The number of hydrogen-bond donors (Lipinski definition) is 1. The number of aryl methyl sites for hydroxylation is 1. The highest BCUT2D eigenvalue weighted by atomic mass is 16.5. The summed E-state index contributed by atoms with van der Waals surface area (Å²) in [6.07, 6.45) is 3.98. The molecule has 0 atom stereocenters. The van der Waals surface area contributed by atoms with Crippen LogP contribution in [0, 0.1) is 19.8 Å². The van der Waals surface area contributed by atoms with Crippen LogP contribution >= 0.6 is 0 Å². The van der Waals surface area contributed by atoms with Crippen molar-refractivity contribution in [2.75, 3.05) is 20.2 Å². The average molecular weight is 334 g/mol. The molecular formula is C18H26N2O4. The van der Waals surface area contributed by atoms with Crippen molar-refractivity contribution in [1.82, 2.24) is 9.88 Å². The normalized spacial score (nSPS) is 14.7. The highest BCUT2D eigenvalue weighted by molar-refractivity contribution is 6.04. The zero-order valence-electron chi connectivity index (χ0n) is 14.9. The molecule has 0 spiro atoms. The largest absolute Gasteiger partial charge is 0.461 e. The Kier molecular flexibility index (Phi) is 5.80. The van der Waals surface area contributed by atoms with Gasteiger partial charge in [-0.2, -0.15) is 0 Å². The van der Waals surface area contributed by atoms with E-state index in [1.807, 2.05) is 0 Å². The van der Waals surface area contributed by atoms with E-state index in [9.17, 15) is 14.4 Å². The predicted octanol–water partition coefficient (Wildman–Crippen LogP) is 2.64. The zero-order valence-corrected chi connectivity index (χ0v) is 14.9. The van der Waals surface area contributed by atoms with Crippen LogP contribution in [0.25, 0.3) is 0 Å². The molecule has 6 heteroatoms. The fraction of sp³-hybridized carbons (Fsp3) is 0.611. The second-order valence-electron chi connectivity index (χ2n) is 6.44. The second-order valence-corrected chi connectivity index (χ2v) is 6.44. The van der Waals surface area contributed by atoms with Gasteiger partial charge in [0.25, 0.3) is 0 Å². The Hall–Kier alpha value is -2.11. The van der Waals surface area contributed by atoms with Crippen molar-refractivity contribution in [1.29, 1.82) is 0 Å². The number of hydrogen-bond acceptors (Lipinski definition) is 4. The van der Waals surface area contributed by atoms with E-state index in [0.29, 0.717) is 22.5 Å². The van der Waals surface area contributed by atoms with Gasteiger partial charge in [0, 0.05) is 24.2 Å². The number of nitrogens with zero attached hydrogens (tertiary/aromatic N) is 1. The van der Waals surface area contributed by atoms with E-state index in [1.54, 1.807) is 27.8 Å². The Morgan fingerprint density at radius 2 is 1.83 bits per heavy atom. The number of likely N-dealkylation sites (N-methyl/N-ethyl adjacent to an activating group) is 1. The third-order valence-corrected chi connectivity index (χ3v) is 4.66. The van der Waals surface area contributed by atoms with E-state index in [-0.39, 0.29) is 30.8 Å². The van der Waals surface area contributed by atoms with E-state index < -0.39 is 5.97 Å². The first-order valence-corrected chi connectivity index (χ1v) is 8.51. The third-order valence-electron chi connectivity index (χ3n) is 4.66. The van der Waals surface area contributed by atoms with E-state index >= 15 is 0 Å². The fourth-order valence-corrected chi connectivity index (χ4v) is 3.43. The molecule has 1 fully saturated rings. The molecule has 1 aromatic heterocycles. The van der Waals surface area contributed by atoms with Gasteiger partial charge in [-0.15, -0.1) is 0 Å². The minimum Gasteiger partial charge on any atom is -0.461 e. The van der Waals surface area contributed by atoms with Gasteiger partial charge in [-0.1, -0.05) is 12.8 Å². The maximum Gasteiger partial charge on any atom is 0.355 e. The van der Waals surface area contributed by atoms with Crippen LogP contribution < -0.4 is 0 Å². The van der Waals surface area contributed by atoms with Crippen LogP contribution in [0.2, 0.25) is 0 Å². The molecule has 1 saturated carbocycles. The van der Waals surface area contributed by atoms with E-state index in [1.165, 1.54) is 4.90 Å². The molecule has 0 aromatic carbocycles. The number of ether oxygens (including phenoxy) is 1. The molecule has 1 aromatic rings. The quantitative estimate of drug-likeness (QED) is 0.641. The lowest BCUT2D eigenvalue weighted by Crippen LogP contribution is -2.36. The van der Waals surface area contributed by atoms with Crippen molar-refractivity contribution < 1.29 is 19.1 Å². The molecule has 0 saturated heterocycles. The molecular weight excluding hydrogens is 308 g/mol. The lowest BCUT2D eigenvalue weighted by Gasteiger charge is -2.20. The Morgan fingerprint density at radius 3 is 2.42 bits per heavy atom. The molecule has 1 aliphatic carbocycles. The Balaban J connectivity index is 2.12. The molecule has 1 heterocycles. The first-order valence-electron chi connectivity index (χ1n) is 8.51. The van der Waals surface area contributed by atoms with Crippen molar-refractivity contribution in [3.63, 3.8) is 0 Å². The van der Waals surface area contributed by atoms with Crippen LogP contribution in [0.1, 0.15) is 64.7 Å². The standard InChI is InChI=1S/C18H26N2O4/c1-5-24-18(23)16-11(2)15(12(3)19-16)14(21)10-20(4)17(22)13-8-6-7-9-13/h13,19H,5-10H2,1-4H3. The molecule has 0 unspecified atom stereocenters. The average Bonchev–Trinajstić information content (AvgIpc) is 3.15. The van der Waals surface area contributed by atoms with Crippen LogP contribution in [0.5, 0.6) is 0 Å². The predicted molar refractivity (Wildman–Crippen MR) is 90.1 cm³/mol. The van der Waals surface area contributed by atoms with Crippen molar-refractivity contribution in [2.45, 2.75) is 46.5 Å². The van der Waals surface area contributed by atoms with Gasteiger partial charge in [-0.05, 0) is 39.2 Å². The summed E-state index contributed by atoms with van der Waals surface area (Å²) in [5, 5.41) is 0.